The molecule has 0 N–H and O–H groups in total. The van der Waals surface area contributed by atoms with Crippen molar-refractivity contribution in [1.29, 1.82) is 0 Å². The number of fused-ring (bicyclic) bond motifs is 1. The van der Waals surface area contributed by atoms with Gasteiger partial charge in [0.15, 0.2) is 6.17 Å². The fraction of sp³-hybridized carbons (Fsp3) is 0.643. The molecule has 0 spiro atoms. The van der Waals surface area contributed by atoms with Crippen LogP contribution >= 0.6 is 0 Å². The molecule has 3 nitrogen and oxygen atoms in total. The van der Waals surface area contributed by atoms with Gasteiger partial charge in [-0.3, -0.25) is 4.98 Å². The van der Waals surface area contributed by atoms with Gasteiger partial charge in [0, 0.05) is 31.2 Å². The van der Waals surface area contributed by atoms with Crippen LogP contribution in [0.15, 0.2) is 6.20 Å². The van der Waals surface area contributed by atoms with Gasteiger partial charge in [-0.05, 0) is 20.8 Å². The van der Waals surface area contributed by atoms with Gasteiger partial charge in [-0.2, -0.15) is 0 Å². The molecule has 1 aromatic heterocycles. The van der Waals surface area contributed by atoms with Crippen molar-refractivity contribution in [2.24, 2.45) is 0 Å². The molecular formula is C14H19F2NO2. The van der Waals surface area contributed by atoms with E-state index in [-0.39, 0.29) is 12.2 Å². The first-order valence-corrected chi connectivity index (χ1v) is 6.26. The zero-order valence-corrected chi connectivity index (χ0v) is 11.9. The number of ether oxygens (including phenoxy) is 2. The second-order valence-corrected chi connectivity index (χ2v) is 5.82. The molecular weight excluding hydrogens is 252 g/mol. The summed E-state index contributed by atoms with van der Waals surface area (Å²) in [6.45, 7) is 7.92. The Morgan fingerprint density at radius 2 is 2.05 bits per heavy atom. The lowest BCUT2D eigenvalue weighted by Gasteiger charge is -2.35. The molecule has 0 saturated heterocycles. The maximum atomic E-state index is 14.2. The number of alkyl halides is 2. The number of aromatic nitrogens is 1. The second kappa shape index (κ2) is 4.40. The Labute approximate surface area is 111 Å². The number of hydrogen-bond donors (Lipinski definition) is 0. The Balaban J connectivity index is 2.50. The number of hydrogen-bond acceptors (Lipinski definition) is 3. The van der Waals surface area contributed by atoms with E-state index in [0.717, 1.165) is 0 Å². The van der Waals surface area contributed by atoms with Gasteiger partial charge in [0.25, 0.3) is 0 Å². The van der Waals surface area contributed by atoms with Crippen molar-refractivity contribution >= 4 is 0 Å². The molecule has 0 saturated carbocycles. The molecule has 2 rings (SSSR count). The monoisotopic (exact) mass is 271 g/mol. The standard InChI is InChI=1S/C14H19F2NO2/c1-8-11-10(7-18-14(4,5)19-11)9(6-17-8)12(15)13(2,3)16/h6,12H,7H2,1-5H3. The SMILES string of the molecule is Cc1ncc(C(F)C(C)(C)F)c2c1OC(C)(C)OC2. The van der Waals surface area contributed by atoms with Crippen LogP contribution in [0.5, 0.6) is 5.75 Å². The smallest absolute Gasteiger partial charge is 0.205 e. The van der Waals surface area contributed by atoms with E-state index in [1.54, 1.807) is 20.8 Å². The highest BCUT2D eigenvalue weighted by molar-refractivity contribution is 5.44. The molecule has 1 aliphatic rings. The molecule has 5 heteroatoms. The Kier molecular flexibility index (Phi) is 3.29. The van der Waals surface area contributed by atoms with E-state index in [9.17, 15) is 8.78 Å². The normalized spacial score (nSPS) is 19.5. The molecule has 1 atom stereocenters. The summed E-state index contributed by atoms with van der Waals surface area (Å²) < 4.78 is 39.2. The van der Waals surface area contributed by atoms with Gasteiger partial charge in [0.05, 0.1) is 12.3 Å². The van der Waals surface area contributed by atoms with Crippen LogP contribution in [0.1, 0.15) is 50.7 Å². The Hall–Kier alpha value is -1.23. The van der Waals surface area contributed by atoms with Gasteiger partial charge in [-0.1, -0.05) is 0 Å². The Morgan fingerprint density at radius 1 is 1.42 bits per heavy atom. The van der Waals surface area contributed by atoms with E-state index in [0.29, 0.717) is 17.0 Å². The predicted octanol–water partition coefficient (Wildman–Crippen LogP) is 3.79. The molecule has 0 radical (unpaired) electrons. The van der Waals surface area contributed by atoms with E-state index in [4.69, 9.17) is 9.47 Å². The second-order valence-electron chi connectivity index (χ2n) is 5.82. The summed E-state index contributed by atoms with van der Waals surface area (Å²) in [5, 5.41) is 0. The van der Waals surface area contributed by atoms with Gasteiger partial charge < -0.3 is 9.47 Å². The summed E-state index contributed by atoms with van der Waals surface area (Å²) in [5.74, 6) is -0.282. The molecule has 1 aromatic rings. The summed E-state index contributed by atoms with van der Waals surface area (Å²) >= 11 is 0. The molecule has 2 heterocycles. The number of pyridine rings is 1. The third kappa shape index (κ3) is 2.71. The summed E-state index contributed by atoms with van der Waals surface area (Å²) in [6, 6.07) is 0. The molecule has 19 heavy (non-hydrogen) atoms. The first kappa shape index (κ1) is 14.2. The van der Waals surface area contributed by atoms with Crippen LogP contribution in [0.3, 0.4) is 0 Å². The van der Waals surface area contributed by atoms with Gasteiger partial charge in [-0.15, -0.1) is 0 Å². The fourth-order valence-corrected chi connectivity index (χ4v) is 2.05. The highest BCUT2D eigenvalue weighted by atomic mass is 19.2. The van der Waals surface area contributed by atoms with E-state index < -0.39 is 17.6 Å². The van der Waals surface area contributed by atoms with Crippen molar-refractivity contribution in [3.63, 3.8) is 0 Å². The molecule has 0 amide bonds. The average Bonchev–Trinajstić information content (AvgIpc) is 2.27. The molecule has 0 bridgehead atoms. The van der Waals surface area contributed by atoms with Crippen molar-refractivity contribution in [2.45, 2.75) is 58.9 Å². The zero-order chi connectivity index (χ0) is 14.4. The van der Waals surface area contributed by atoms with E-state index in [2.05, 4.69) is 4.98 Å². The quantitative estimate of drug-likeness (QED) is 0.820. The van der Waals surface area contributed by atoms with Crippen LogP contribution in [0, 0.1) is 6.92 Å². The van der Waals surface area contributed by atoms with Crippen LogP contribution in [0.4, 0.5) is 8.78 Å². The topological polar surface area (TPSA) is 31.4 Å². The third-order valence-electron chi connectivity index (χ3n) is 3.14. The number of halogens is 2. The lowest BCUT2D eigenvalue weighted by atomic mass is 9.94. The average molecular weight is 271 g/mol. The highest BCUT2D eigenvalue weighted by Gasteiger charge is 2.37. The van der Waals surface area contributed by atoms with Crippen molar-refractivity contribution in [3.8, 4) is 5.75 Å². The van der Waals surface area contributed by atoms with E-state index in [1.807, 2.05) is 0 Å². The molecule has 0 fully saturated rings. The van der Waals surface area contributed by atoms with Gasteiger partial charge in [-0.25, -0.2) is 8.78 Å². The zero-order valence-electron chi connectivity index (χ0n) is 11.9. The van der Waals surface area contributed by atoms with Gasteiger partial charge >= 0.3 is 0 Å². The molecule has 1 unspecified atom stereocenters. The lowest BCUT2D eigenvalue weighted by molar-refractivity contribution is -0.181. The van der Waals surface area contributed by atoms with E-state index in [1.165, 1.54) is 20.0 Å². The summed E-state index contributed by atoms with van der Waals surface area (Å²) in [4.78, 5) is 4.11. The fourth-order valence-electron chi connectivity index (χ4n) is 2.05. The van der Waals surface area contributed by atoms with Crippen molar-refractivity contribution in [1.82, 2.24) is 4.98 Å². The maximum Gasteiger partial charge on any atom is 0.205 e. The first-order valence-electron chi connectivity index (χ1n) is 6.26. The Morgan fingerprint density at radius 3 is 2.63 bits per heavy atom. The predicted molar refractivity (Wildman–Crippen MR) is 67.5 cm³/mol. The molecule has 106 valence electrons. The lowest BCUT2D eigenvalue weighted by Crippen LogP contribution is -2.37. The highest BCUT2D eigenvalue weighted by Crippen LogP contribution is 2.41. The van der Waals surface area contributed by atoms with Crippen LogP contribution in [0.25, 0.3) is 0 Å². The first-order chi connectivity index (χ1) is 8.62. The Bertz CT molecular complexity index is 495. The summed E-state index contributed by atoms with van der Waals surface area (Å²) in [7, 11) is 0. The number of aryl methyl sites for hydroxylation is 1. The van der Waals surface area contributed by atoms with Crippen LogP contribution in [-0.2, 0) is 11.3 Å². The summed E-state index contributed by atoms with van der Waals surface area (Å²) in [5.41, 5.74) is -0.579. The third-order valence-corrected chi connectivity index (χ3v) is 3.14. The molecule has 0 aliphatic carbocycles. The largest absolute Gasteiger partial charge is 0.461 e. The van der Waals surface area contributed by atoms with Crippen LogP contribution in [0.2, 0.25) is 0 Å². The van der Waals surface area contributed by atoms with Crippen molar-refractivity contribution in [2.75, 3.05) is 0 Å². The van der Waals surface area contributed by atoms with E-state index >= 15 is 0 Å². The van der Waals surface area contributed by atoms with Crippen LogP contribution < -0.4 is 4.74 Å². The summed E-state index contributed by atoms with van der Waals surface area (Å²) in [6.07, 6.45) is -0.395. The van der Waals surface area contributed by atoms with Crippen molar-refractivity contribution < 1.29 is 18.3 Å². The van der Waals surface area contributed by atoms with Gasteiger partial charge in [0.1, 0.15) is 11.4 Å². The van der Waals surface area contributed by atoms with Crippen molar-refractivity contribution in [3.05, 3.63) is 23.0 Å². The minimum atomic E-state index is -1.97. The van der Waals surface area contributed by atoms with Crippen LogP contribution in [-0.4, -0.2) is 16.4 Å². The molecule has 1 aliphatic heterocycles. The minimum absolute atomic E-state index is 0.192. The number of rotatable bonds is 2. The van der Waals surface area contributed by atoms with Gasteiger partial charge in [0.2, 0.25) is 5.79 Å². The molecule has 0 aromatic carbocycles. The maximum absolute atomic E-state index is 14.2. The number of nitrogens with zero attached hydrogens (tertiary/aromatic N) is 1. The minimum Gasteiger partial charge on any atom is -0.461 e.